The summed E-state index contributed by atoms with van der Waals surface area (Å²) in [7, 11) is 1.78. The standard InChI is InChI=1S/C22H32N4O2.HI/c1-3-23-21(26-17-22(13-14-27-2)11-7-8-12-22)25-16-20-24-15-19(28-20)18-9-5-4-6-10-18;/h4-6,9-10,15H,3,7-8,11-14,16-17H2,1-2H3,(H2,23,25,26);1H. The minimum atomic E-state index is 0. The van der Waals surface area contributed by atoms with Crippen molar-refractivity contribution >= 4 is 29.9 Å². The van der Waals surface area contributed by atoms with E-state index in [-0.39, 0.29) is 24.0 Å². The molecule has 1 saturated carbocycles. The van der Waals surface area contributed by atoms with Gasteiger partial charge in [0.2, 0.25) is 5.89 Å². The largest absolute Gasteiger partial charge is 0.439 e. The molecular weight excluding hydrogens is 479 g/mol. The molecule has 0 bridgehead atoms. The first-order valence-corrected chi connectivity index (χ1v) is 10.3. The van der Waals surface area contributed by atoms with Crippen molar-refractivity contribution < 1.29 is 9.15 Å². The molecule has 29 heavy (non-hydrogen) atoms. The number of aliphatic imine (C=N–C) groups is 1. The summed E-state index contributed by atoms with van der Waals surface area (Å²) < 4.78 is 11.2. The third kappa shape index (κ3) is 6.99. The minimum Gasteiger partial charge on any atom is -0.439 e. The van der Waals surface area contributed by atoms with Gasteiger partial charge in [-0.15, -0.1) is 24.0 Å². The second kappa shape index (κ2) is 12.2. The summed E-state index contributed by atoms with van der Waals surface area (Å²) in [6.07, 6.45) is 7.97. The summed E-state index contributed by atoms with van der Waals surface area (Å²) in [4.78, 5) is 9.04. The van der Waals surface area contributed by atoms with E-state index in [1.807, 2.05) is 30.3 Å². The van der Waals surface area contributed by atoms with Crippen molar-refractivity contribution in [2.24, 2.45) is 10.4 Å². The molecule has 1 aliphatic rings. The number of hydrogen-bond acceptors (Lipinski definition) is 4. The molecule has 2 N–H and O–H groups in total. The summed E-state index contributed by atoms with van der Waals surface area (Å²) in [6, 6.07) is 10.0. The lowest BCUT2D eigenvalue weighted by Crippen LogP contribution is -2.43. The van der Waals surface area contributed by atoms with Gasteiger partial charge in [-0.3, -0.25) is 0 Å². The van der Waals surface area contributed by atoms with E-state index in [1.54, 1.807) is 13.3 Å². The maximum absolute atomic E-state index is 5.86. The molecule has 0 atom stereocenters. The van der Waals surface area contributed by atoms with E-state index in [0.717, 1.165) is 43.4 Å². The number of methoxy groups -OCH3 is 1. The zero-order valence-corrected chi connectivity index (χ0v) is 19.8. The lowest BCUT2D eigenvalue weighted by atomic mass is 9.83. The molecule has 1 aliphatic carbocycles. The van der Waals surface area contributed by atoms with Gasteiger partial charge >= 0.3 is 0 Å². The first-order chi connectivity index (χ1) is 13.7. The number of rotatable bonds is 9. The maximum Gasteiger partial charge on any atom is 0.216 e. The van der Waals surface area contributed by atoms with Gasteiger partial charge in [-0.05, 0) is 31.6 Å². The SMILES string of the molecule is CCNC(=NCc1ncc(-c2ccccc2)o1)NCC1(CCOC)CCCC1.I. The molecule has 1 fully saturated rings. The van der Waals surface area contributed by atoms with Crippen LogP contribution in [0.1, 0.15) is 44.9 Å². The molecule has 160 valence electrons. The molecule has 0 aliphatic heterocycles. The van der Waals surface area contributed by atoms with Gasteiger partial charge in [0, 0.05) is 32.4 Å². The molecule has 0 unspecified atom stereocenters. The topological polar surface area (TPSA) is 71.7 Å². The molecule has 2 aromatic rings. The zero-order chi connectivity index (χ0) is 19.7. The molecule has 6 nitrogen and oxygen atoms in total. The van der Waals surface area contributed by atoms with Crippen LogP contribution in [0.4, 0.5) is 0 Å². The van der Waals surface area contributed by atoms with Crippen LogP contribution in [-0.4, -0.2) is 37.7 Å². The average Bonchev–Trinajstić information content (AvgIpc) is 3.40. The zero-order valence-electron chi connectivity index (χ0n) is 17.4. The predicted molar refractivity (Wildman–Crippen MR) is 128 cm³/mol. The Balaban J connectivity index is 0.00000300. The van der Waals surface area contributed by atoms with Gasteiger partial charge in [0.15, 0.2) is 11.7 Å². The van der Waals surface area contributed by atoms with Crippen molar-refractivity contribution in [2.45, 2.75) is 45.6 Å². The van der Waals surface area contributed by atoms with Crippen molar-refractivity contribution in [2.75, 3.05) is 26.8 Å². The highest BCUT2D eigenvalue weighted by molar-refractivity contribution is 14.0. The van der Waals surface area contributed by atoms with Gasteiger partial charge < -0.3 is 19.8 Å². The lowest BCUT2D eigenvalue weighted by molar-refractivity contribution is 0.138. The van der Waals surface area contributed by atoms with Crippen LogP contribution in [0.3, 0.4) is 0 Å². The fourth-order valence-corrected chi connectivity index (χ4v) is 3.84. The fraction of sp³-hybridized carbons (Fsp3) is 0.545. The average molecular weight is 512 g/mol. The summed E-state index contributed by atoms with van der Waals surface area (Å²) in [5, 5.41) is 6.86. The quantitative estimate of drug-likeness (QED) is 0.292. The van der Waals surface area contributed by atoms with Crippen LogP contribution in [0.25, 0.3) is 11.3 Å². The maximum atomic E-state index is 5.86. The Bertz CT molecular complexity index is 742. The van der Waals surface area contributed by atoms with Crippen molar-refractivity contribution in [3.8, 4) is 11.3 Å². The number of benzene rings is 1. The number of nitrogens with zero attached hydrogens (tertiary/aromatic N) is 2. The van der Waals surface area contributed by atoms with Crippen molar-refractivity contribution in [1.82, 2.24) is 15.6 Å². The highest BCUT2D eigenvalue weighted by Gasteiger charge is 2.33. The Labute approximate surface area is 190 Å². The van der Waals surface area contributed by atoms with Gasteiger partial charge in [0.05, 0.1) is 6.20 Å². The number of oxazole rings is 1. The second-order valence-corrected chi connectivity index (χ2v) is 7.48. The van der Waals surface area contributed by atoms with Crippen LogP contribution >= 0.6 is 24.0 Å². The first-order valence-electron chi connectivity index (χ1n) is 10.3. The van der Waals surface area contributed by atoms with E-state index in [2.05, 4.69) is 27.5 Å². The molecule has 0 radical (unpaired) electrons. The fourth-order valence-electron chi connectivity index (χ4n) is 3.84. The minimum absolute atomic E-state index is 0. The third-order valence-electron chi connectivity index (χ3n) is 5.46. The first kappa shape index (κ1) is 23.7. The molecular formula is C22H33IN4O2. The van der Waals surface area contributed by atoms with E-state index in [9.17, 15) is 0 Å². The van der Waals surface area contributed by atoms with Crippen molar-refractivity contribution in [3.63, 3.8) is 0 Å². The predicted octanol–water partition coefficient (Wildman–Crippen LogP) is 4.61. The van der Waals surface area contributed by atoms with Gasteiger partial charge in [0.1, 0.15) is 6.54 Å². The normalized spacial score (nSPS) is 15.7. The lowest BCUT2D eigenvalue weighted by Gasteiger charge is -2.29. The van der Waals surface area contributed by atoms with Crippen LogP contribution < -0.4 is 10.6 Å². The summed E-state index contributed by atoms with van der Waals surface area (Å²) in [5.74, 6) is 2.20. The number of halogens is 1. The van der Waals surface area contributed by atoms with Crippen molar-refractivity contribution in [1.29, 1.82) is 0 Å². The van der Waals surface area contributed by atoms with Gasteiger partial charge in [-0.2, -0.15) is 0 Å². The van der Waals surface area contributed by atoms with Crippen molar-refractivity contribution in [3.05, 3.63) is 42.4 Å². The molecule has 1 aromatic heterocycles. The van der Waals surface area contributed by atoms with E-state index in [0.29, 0.717) is 17.9 Å². The number of guanidine groups is 1. The van der Waals surface area contributed by atoms with Crippen LogP contribution in [0.15, 0.2) is 45.9 Å². The molecule has 0 spiro atoms. The van der Waals surface area contributed by atoms with E-state index in [1.165, 1.54) is 25.7 Å². The van der Waals surface area contributed by atoms with Gasteiger partial charge in [-0.25, -0.2) is 9.98 Å². The molecule has 0 saturated heterocycles. The van der Waals surface area contributed by atoms with Crippen LogP contribution in [-0.2, 0) is 11.3 Å². The number of hydrogen-bond donors (Lipinski definition) is 2. The molecule has 1 heterocycles. The molecule has 3 rings (SSSR count). The molecule has 7 heteroatoms. The smallest absolute Gasteiger partial charge is 0.216 e. The Morgan fingerprint density at radius 3 is 2.66 bits per heavy atom. The van der Waals surface area contributed by atoms with E-state index < -0.39 is 0 Å². The highest BCUT2D eigenvalue weighted by atomic mass is 127. The third-order valence-corrected chi connectivity index (χ3v) is 5.46. The van der Waals surface area contributed by atoms with Crippen LogP contribution in [0, 0.1) is 5.41 Å². The molecule has 1 aromatic carbocycles. The summed E-state index contributed by atoms with van der Waals surface area (Å²) in [5.41, 5.74) is 1.34. The Kier molecular flexibility index (Phi) is 9.93. The Morgan fingerprint density at radius 1 is 1.21 bits per heavy atom. The Morgan fingerprint density at radius 2 is 1.97 bits per heavy atom. The van der Waals surface area contributed by atoms with E-state index in [4.69, 9.17) is 9.15 Å². The number of nitrogens with one attached hydrogen (secondary N) is 2. The summed E-state index contributed by atoms with van der Waals surface area (Å²) >= 11 is 0. The van der Waals surface area contributed by atoms with Crippen LogP contribution in [0.5, 0.6) is 0 Å². The second-order valence-electron chi connectivity index (χ2n) is 7.48. The monoisotopic (exact) mass is 512 g/mol. The van der Waals surface area contributed by atoms with Gasteiger partial charge in [-0.1, -0.05) is 43.2 Å². The summed E-state index contributed by atoms with van der Waals surface area (Å²) in [6.45, 7) is 5.04. The molecule has 0 amide bonds. The number of aromatic nitrogens is 1. The highest BCUT2D eigenvalue weighted by Crippen LogP contribution is 2.40. The Hall–Kier alpha value is -1.61. The van der Waals surface area contributed by atoms with E-state index >= 15 is 0 Å². The van der Waals surface area contributed by atoms with Crippen LogP contribution in [0.2, 0.25) is 0 Å². The number of ether oxygens (including phenoxy) is 1. The van der Waals surface area contributed by atoms with Gasteiger partial charge in [0.25, 0.3) is 0 Å².